The molecular weight excluding hydrogens is 284 g/mol. The largest absolute Gasteiger partial charge is 0.353 e. The molecule has 0 saturated carbocycles. The van der Waals surface area contributed by atoms with Crippen molar-refractivity contribution in [3.63, 3.8) is 0 Å². The van der Waals surface area contributed by atoms with Crippen molar-refractivity contribution in [2.24, 2.45) is 0 Å². The SMILES string of the molecule is Cc1cncnc1N1CCN(C(=O)c2cc(=O)[nH]cn2)CC1. The molecular formula is C14H16N6O2. The van der Waals surface area contributed by atoms with Crippen LogP contribution in [0.3, 0.4) is 0 Å². The van der Waals surface area contributed by atoms with Crippen LogP contribution >= 0.6 is 0 Å². The smallest absolute Gasteiger partial charge is 0.272 e. The second-order valence-electron chi connectivity index (χ2n) is 5.10. The number of anilines is 1. The molecule has 2 aromatic heterocycles. The third-order valence-electron chi connectivity index (χ3n) is 3.63. The van der Waals surface area contributed by atoms with Crippen molar-refractivity contribution in [1.29, 1.82) is 0 Å². The summed E-state index contributed by atoms with van der Waals surface area (Å²) in [5.41, 5.74) is 0.863. The molecule has 8 nitrogen and oxygen atoms in total. The Kier molecular flexibility index (Phi) is 3.82. The molecule has 0 unspecified atom stereocenters. The van der Waals surface area contributed by atoms with E-state index >= 15 is 0 Å². The molecule has 0 spiro atoms. The van der Waals surface area contributed by atoms with Gasteiger partial charge in [0.15, 0.2) is 0 Å². The fourth-order valence-corrected chi connectivity index (χ4v) is 2.49. The molecule has 1 aliphatic rings. The Morgan fingerprint density at radius 3 is 2.68 bits per heavy atom. The average Bonchev–Trinajstić information content (AvgIpc) is 2.55. The number of nitrogens with one attached hydrogen (secondary N) is 1. The van der Waals surface area contributed by atoms with Gasteiger partial charge in [0.1, 0.15) is 17.8 Å². The number of carbonyl (C=O) groups excluding carboxylic acids is 1. The number of aryl methyl sites for hydroxylation is 1. The lowest BCUT2D eigenvalue weighted by atomic mass is 10.2. The molecule has 114 valence electrons. The van der Waals surface area contributed by atoms with Gasteiger partial charge in [0.05, 0.1) is 6.33 Å². The number of aromatic nitrogens is 4. The first-order chi connectivity index (χ1) is 10.6. The molecule has 2 aromatic rings. The quantitative estimate of drug-likeness (QED) is 0.827. The second-order valence-corrected chi connectivity index (χ2v) is 5.10. The zero-order valence-corrected chi connectivity index (χ0v) is 12.2. The van der Waals surface area contributed by atoms with E-state index < -0.39 is 0 Å². The molecule has 1 aliphatic heterocycles. The summed E-state index contributed by atoms with van der Waals surface area (Å²) < 4.78 is 0. The zero-order valence-electron chi connectivity index (χ0n) is 12.2. The molecule has 3 rings (SSSR count). The van der Waals surface area contributed by atoms with Crippen LogP contribution in [0, 0.1) is 6.92 Å². The lowest BCUT2D eigenvalue weighted by Crippen LogP contribution is -2.49. The van der Waals surface area contributed by atoms with Crippen LogP contribution in [0.2, 0.25) is 0 Å². The van der Waals surface area contributed by atoms with Crippen molar-refractivity contribution in [3.05, 3.63) is 46.5 Å². The molecule has 22 heavy (non-hydrogen) atoms. The minimum Gasteiger partial charge on any atom is -0.353 e. The zero-order chi connectivity index (χ0) is 15.5. The lowest BCUT2D eigenvalue weighted by molar-refractivity contribution is 0.0740. The predicted octanol–water partition coefficient (Wildman–Crippen LogP) is -0.169. The van der Waals surface area contributed by atoms with Gasteiger partial charge in [-0.25, -0.2) is 15.0 Å². The third kappa shape index (κ3) is 2.80. The summed E-state index contributed by atoms with van der Waals surface area (Å²) in [6.45, 7) is 4.47. The molecule has 1 fully saturated rings. The van der Waals surface area contributed by atoms with Crippen molar-refractivity contribution in [2.75, 3.05) is 31.1 Å². The number of amides is 1. The summed E-state index contributed by atoms with van der Waals surface area (Å²) in [5.74, 6) is 0.682. The topological polar surface area (TPSA) is 95.1 Å². The number of aromatic amines is 1. The number of H-pyrrole nitrogens is 1. The summed E-state index contributed by atoms with van der Waals surface area (Å²) in [7, 11) is 0. The van der Waals surface area contributed by atoms with Crippen LogP contribution in [0.1, 0.15) is 16.1 Å². The van der Waals surface area contributed by atoms with Gasteiger partial charge in [0.25, 0.3) is 11.5 Å². The maximum absolute atomic E-state index is 12.3. The molecule has 1 saturated heterocycles. The maximum atomic E-state index is 12.3. The normalized spacial score (nSPS) is 15.0. The van der Waals surface area contributed by atoms with Gasteiger partial charge < -0.3 is 14.8 Å². The first-order valence-corrected chi connectivity index (χ1v) is 7.01. The Morgan fingerprint density at radius 2 is 2.00 bits per heavy atom. The standard InChI is InChI=1S/C14H16N6O2/c1-10-7-15-8-18-13(10)19-2-4-20(5-3-19)14(22)11-6-12(21)17-9-16-11/h6-9H,2-5H2,1H3,(H,16,17,21). The third-order valence-corrected chi connectivity index (χ3v) is 3.63. The maximum Gasteiger partial charge on any atom is 0.272 e. The van der Waals surface area contributed by atoms with Gasteiger partial charge in [0, 0.05) is 44.0 Å². The summed E-state index contributed by atoms with van der Waals surface area (Å²) in [5, 5.41) is 0. The lowest BCUT2D eigenvalue weighted by Gasteiger charge is -2.35. The fourth-order valence-electron chi connectivity index (χ4n) is 2.49. The van der Waals surface area contributed by atoms with Crippen LogP contribution in [-0.2, 0) is 0 Å². The summed E-state index contributed by atoms with van der Waals surface area (Å²) in [6, 6.07) is 1.23. The summed E-state index contributed by atoms with van der Waals surface area (Å²) >= 11 is 0. The average molecular weight is 300 g/mol. The first-order valence-electron chi connectivity index (χ1n) is 7.01. The van der Waals surface area contributed by atoms with Gasteiger partial charge in [-0.15, -0.1) is 0 Å². The Bertz CT molecular complexity index is 736. The van der Waals surface area contributed by atoms with E-state index in [0.717, 1.165) is 11.4 Å². The van der Waals surface area contributed by atoms with Gasteiger partial charge in [0.2, 0.25) is 0 Å². The number of hydrogen-bond acceptors (Lipinski definition) is 6. The number of carbonyl (C=O) groups is 1. The van der Waals surface area contributed by atoms with E-state index in [0.29, 0.717) is 26.2 Å². The van der Waals surface area contributed by atoms with Gasteiger partial charge in [-0.05, 0) is 6.92 Å². The molecule has 1 amide bonds. The van der Waals surface area contributed by atoms with E-state index in [-0.39, 0.29) is 17.2 Å². The van der Waals surface area contributed by atoms with E-state index in [1.165, 1.54) is 18.7 Å². The molecule has 0 aromatic carbocycles. The minimum absolute atomic E-state index is 0.176. The Hall–Kier alpha value is -2.77. The minimum atomic E-state index is -0.325. The number of nitrogens with zero attached hydrogens (tertiary/aromatic N) is 5. The first kappa shape index (κ1) is 14.2. The van der Waals surface area contributed by atoms with Crippen LogP contribution in [0.5, 0.6) is 0 Å². The van der Waals surface area contributed by atoms with E-state index in [1.807, 2.05) is 6.92 Å². The van der Waals surface area contributed by atoms with Gasteiger partial charge in [-0.2, -0.15) is 0 Å². The van der Waals surface area contributed by atoms with E-state index in [9.17, 15) is 9.59 Å². The number of rotatable bonds is 2. The second kappa shape index (κ2) is 5.92. The molecule has 0 aliphatic carbocycles. The van der Waals surface area contributed by atoms with E-state index in [1.54, 1.807) is 11.1 Å². The highest BCUT2D eigenvalue weighted by Gasteiger charge is 2.24. The van der Waals surface area contributed by atoms with Gasteiger partial charge in [-0.1, -0.05) is 0 Å². The molecule has 3 heterocycles. The van der Waals surface area contributed by atoms with Crippen LogP contribution in [0.4, 0.5) is 5.82 Å². The monoisotopic (exact) mass is 300 g/mol. The highest BCUT2D eigenvalue weighted by atomic mass is 16.2. The number of hydrogen-bond donors (Lipinski definition) is 1. The van der Waals surface area contributed by atoms with Crippen molar-refractivity contribution in [1.82, 2.24) is 24.8 Å². The number of piperazine rings is 1. The Labute approximate surface area is 126 Å². The highest BCUT2D eigenvalue weighted by molar-refractivity contribution is 5.92. The van der Waals surface area contributed by atoms with E-state index in [2.05, 4.69) is 24.8 Å². The van der Waals surface area contributed by atoms with Crippen LogP contribution in [0.15, 0.2) is 29.7 Å². The van der Waals surface area contributed by atoms with Gasteiger partial charge in [-0.3, -0.25) is 9.59 Å². The van der Waals surface area contributed by atoms with Crippen molar-refractivity contribution >= 4 is 11.7 Å². The van der Waals surface area contributed by atoms with Gasteiger partial charge >= 0.3 is 0 Å². The fraction of sp³-hybridized carbons (Fsp3) is 0.357. The molecule has 0 radical (unpaired) electrons. The van der Waals surface area contributed by atoms with Crippen LogP contribution < -0.4 is 10.5 Å². The Morgan fingerprint density at radius 1 is 1.23 bits per heavy atom. The van der Waals surface area contributed by atoms with Crippen molar-refractivity contribution in [2.45, 2.75) is 6.92 Å². The summed E-state index contributed by atoms with van der Waals surface area (Å²) in [6.07, 6.45) is 4.55. The van der Waals surface area contributed by atoms with E-state index in [4.69, 9.17) is 0 Å². The summed E-state index contributed by atoms with van der Waals surface area (Å²) in [4.78, 5) is 42.0. The Balaban J connectivity index is 1.68. The van der Waals surface area contributed by atoms with Crippen molar-refractivity contribution < 1.29 is 4.79 Å². The molecule has 8 heteroatoms. The highest BCUT2D eigenvalue weighted by Crippen LogP contribution is 2.17. The van der Waals surface area contributed by atoms with Crippen LogP contribution in [0.25, 0.3) is 0 Å². The molecule has 0 atom stereocenters. The molecule has 0 bridgehead atoms. The molecule has 1 N–H and O–H groups in total. The van der Waals surface area contributed by atoms with Crippen molar-refractivity contribution in [3.8, 4) is 0 Å². The van der Waals surface area contributed by atoms with Crippen LogP contribution in [-0.4, -0.2) is 56.9 Å². The predicted molar refractivity (Wildman–Crippen MR) is 79.7 cm³/mol.